The monoisotopic (exact) mass is 448 g/mol. The highest BCUT2D eigenvalue weighted by molar-refractivity contribution is 6.03. The van der Waals surface area contributed by atoms with Crippen LogP contribution in [0.1, 0.15) is 43.7 Å². The average molecular weight is 449 g/mol. The summed E-state index contributed by atoms with van der Waals surface area (Å²) >= 11 is 0. The Bertz CT molecular complexity index is 1080. The van der Waals surface area contributed by atoms with Gasteiger partial charge in [0.05, 0.1) is 6.54 Å². The van der Waals surface area contributed by atoms with Crippen LogP contribution >= 0.6 is 0 Å². The third-order valence-corrected chi connectivity index (χ3v) is 6.53. The van der Waals surface area contributed by atoms with E-state index in [1.165, 1.54) is 30.4 Å². The first-order valence-electron chi connectivity index (χ1n) is 11.8. The van der Waals surface area contributed by atoms with Crippen LogP contribution in [0.4, 0.5) is 17.3 Å². The Kier molecular flexibility index (Phi) is 5.93. The Labute approximate surface area is 194 Å². The van der Waals surface area contributed by atoms with Gasteiger partial charge in [-0.05, 0) is 56.0 Å². The summed E-state index contributed by atoms with van der Waals surface area (Å²) < 4.78 is 6.02. The molecule has 3 aliphatic rings. The molecule has 2 aromatic rings. The van der Waals surface area contributed by atoms with Gasteiger partial charge in [0.1, 0.15) is 11.8 Å². The van der Waals surface area contributed by atoms with Crippen LogP contribution in [-0.2, 0) is 17.9 Å². The third-order valence-electron chi connectivity index (χ3n) is 6.53. The number of carbonyl (C=O) groups is 1. The number of anilines is 3. The molecule has 5 rings (SSSR count). The number of hydrogen-bond donors (Lipinski definition) is 2. The lowest BCUT2D eigenvalue weighted by Crippen LogP contribution is -2.39. The number of rotatable bonds is 9. The van der Waals surface area contributed by atoms with E-state index in [1.807, 2.05) is 4.90 Å². The number of nitrogens with one attached hydrogen (secondary N) is 1. The number of ether oxygens (including phenoxy) is 1. The van der Waals surface area contributed by atoms with Gasteiger partial charge in [-0.25, -0.2) is 0 Å². The predicted molar refractivity (Wildman–Crippen MR) is 129 cm³/mol. The minimum Gasteiger partial charge on any atom is -0.456 e. The van der Waals surface area contributed by atoms with Gasteiger partial charge in [-0.1, -0.05) is 43.2 Å². The van der Waals surface area contributed by atoms with E-state index in [0.717, 1.165) is 25.1 Å². The second kappa shape index (κ2) is 9.02. The van der Waals surface area contributed by atoms with Crippen LogP contribution in [0.5, 0.6) is 6.01 Å². The van der Waals surface area contributed by atoms with E-state index in [2.05, 4.69) is 64.5 Å². The Morgan fingerprint density at radius 3 is 2.94 bits per heavy atom. The molecular weight excluding hydrogens is 416 g/mol. The fraction of sp³-hybridized carbons (Fsp3) is 0.480. The molecule has 2 heterocycles. The minimum absolute atomic E-state index is 0.00390. The quantitative estimate of drug-likeness (QED) is 0.568. The summed E-state index contributed by atoms with van der Waals surface area (Å²) in [5, 5.41) is 2.83. The van der Waals surface area contributed by atoms with Crippen molar-refractivity contribution in [1.82, 2.24) is 14.9 Å². The summed E-state index contributed by atoms with van der Waals surface area (Å²) in [6.45, 7) is 4.95. The van der Waals surface area contributed by atoms with Gasteiger partial charge in [0.25, 0.3) is 0 Å². The molecule has 0 spiro atoms. The molecule has 1 aliphatic heterocycles. The molecule has 0 saturated heterocycles. The maximum atomic E-state index is 12.4. The van der Waals surface area contributed by atoms with Crippen LogP contribution in [0, 0.1) is 5.92 Å². The van der Waals surface area contributed by atoms with E-state index < -0.39 is 0 Å². The number of nitrogens with zero attached hydrogens (tertiary/aromatic N) is 4. The second-order valence-corrected chi connectivity index (χ2v) is 9.44. The van der Waals surface area contributed by atoms with Crippen molar-refractivity contribution in [2.24, 2.45) is 5.92 Å². The van der Waals surface area contributed by atoms with E-state index >= 15 is 0 Å². The molecule has 174 valence electrons. The molecule has 8 heteroatoms. The lowest BCUT2D eigenvalue weighted by atomic mass is 10.1. The van der Waals surface area contributed by atoms with Crippen molar-refractivity contribution >= 4 is 23.2 Å². The highest BCUT2D eigenvalue weighted by Crippen LogP contribution is 2.47. The summed E-state index contributed by atoms with van der Waals surface area (Å²) in [4.78, 5) is 25.6. The number of nitrogens with two attached hydrogens (primary N) is 1. The number of unbranched alkanes of at least 4 members (excludes halogenated alkanes) is 1. The van der Waals surface area contributed by atoms with Crippen molar-refractivity contribution in [3.8, 4) is 6.01 Å². The van der Waals surface area contributed by atoms with Crippen molar-refractivity contribution in [2.75, 3.05) is 36.1 Å². The molecule has 1 fully saturated rings. The zero-order chi connectivity index (χ0) is 22.9. The van der Waals surface area contributed by atoms with Crippen molar-refractivity contribution in [3.63, 3.8) is 0 Å². The van der Waals surface area contributed by atoms with Crippen LogP contribution in [0.15, 0.2) is 35.9 Å². The Morgan fingerprint density at radius 2 is 2.15 bits per heavy atom. The largest absolute Gasteiger partial charge is 0.456 e. The van der Waals surface area contributed by atoms with Gasteiger partial charge < -0.3 is 25.6 Å². The van der Waals surface area contributed by atoms with E-state index in [9.17, 15) is 4.79 Å². The van der Waals surface area contributed by atoms with E-state index in [-0.39, 0.29) is 30.4 Å². The van der Waals surface area contributed by atoms with Crippen molar-refractivity contribution in [1.29, 1.82) is 0 Å². The predicted octanol–water partition coefficient (Wildman–Crippen LogP) is 3.35. The van der Waals surface area contributed by atoms with Gasteiger partial charge >= 0.3 is 6.01 Å². The zero-order valence-corrected chi connectivity index (χ0v) is 19.4. The molecule has 0 radical (unpaired) electrons. The first-order chi connectivity index (χ1) is 16.0. The first-order valence-corrected chi connectivity index (χ1v) is 11.8. The molecule has 1 saturated carbocycles. The van der Waals surface area contributed by atoms with Gasteiger partial charge in [0, 0.05) is 13.1 Å². The standard InChI is InChI=1S/C25H32N6O2/c1-3-4-8-30(2)13-16-6-5-7-17(9-16)14-31-15-21(32)27-22-23(26)28-25(29-24(22)31)33-20-11-18-10-19(18)12-20/h5-7,9,11,19-20H,3-4,8,10,12-15H2,1-2H3,(H,27,32)(H2,26,28,29). The summed E-state index contributed by atoms with van der Waals surface area (Å²) in [6, 6.07) is 8.77. The topological polar surface area (TPSA) is 96.6 Å². The van der Waals surface area contributed by atoms with Crippen LogP contribution in [0.3, 0.4) is 0 Å². The van der Waals surface area contributed by atoms with Crippen LogP contribution in [0.25, 0.3) is 0 Å². The Hall–Kier alpha value is -3.13. The number of hydrogen-bond acceptors (Lipinski definition) is 7. The van der Waals surface area contributed by atoms with Gasteiger partial charge in [0.15, 0.2) is 11.6 Å². The molecule has 3 N–H and O–H groups in total. The van der Waals surface area contributed by atoms with Gasteiger partial charge in [-0.3, -0.25) is 4.79 Å². The van der Waals surface area contributed by atoms with Crippen LogP contribution < -0.4 is 20.7 Å². The fourth-order valence-corrected chi connectivity index (χ4v) is 4.74. The smallest absolute Gasteiger partial charge is 0.321 e. The third kappa shape index (κ3) is 4.95. The van der Waals surface area contributed by atoms with Crippen molar-refractivity contribution in [2.45, 2.75) is 51.8 Å². The lowest BCUT2D eigenvalue weighted by molar-refractivity contribution is -0.115. The molecule has 2 unspecified atom stereocenters. The molecule has 33 heavy (non-hydrogen) atoms. The molecule has 1 amide bonds. The van der Waals surface area contributed by atoms with Gasteiger partial charge in [0.2, 0.25) is 5.91 Å². The zero-order valence-electron chi connectivity index (χ0n) is 19.4. The number of amides is 1. The number of benzene rings is 1. The van der Waals surface area contributed by atoms with Gasteiger partial charge in [-0.15, -0.1) is 0 Å². The number of aromatic nitrogens is 2. The SMILES string of the molecule is CCCCN(C)Cc1cccc(CN2CC(=O)Nc3c(N)nc(OC4C=C5CC5C4)nc32)c1. The van der Waals surface area contributed by atoms with Crippen molar-refractivity contribution in [3.05, 3.63) is 47.0 Å². The van der Waals surface area contributed by atoms with E-state index in [1.54, 1.807) is 0 Å². The number of fused-ring (bicyclic) bond motifs is 2. The number of carbonyl (C=O) groups excluding carboxylic acids is 1. The second-order valence-electron chi connectivity index (χ2n) is 9.44. The Morgan fingerprint density at radius 1 is 1.30 bits per heavy atom. The summed E-state index contributed by atoms with van der Waals surface area (Å²) in [5.74, 6) is 1.39. The highest BCUT2D eigenvalue weighted by atomic mass is 16.5. The number of nitrogen functional groups attached to an aromatic ring is 1. The van der Waals surface area contributed by atoms with Gasteiger partial charge in [-0.2, -0.15) is 9.97 Å². The summed E-state index contributed by atoms with van der Waals surface area (Å²) in [6.07, 6.45) is 6.74. The fourth-order valence-electron chi connectivity index (χ4n) is 4.74. The van der Waals surface area contributed by atoms with Crippen molar-refractivity contribution < 1.29 is 9.53 Å². The first kappa shape index (κ1) is 21.7. The molecule has 0 bridgehead atoms. The maximum Gasteiger partial charge on any atom is 0.321 e. The lowest BCUT2D eigenvalue weighted by Gasteiger charge is -2.30. The summed E-state index contributed by atoms with van der Waals surface area (Å²) in [7, 11) is 2.15. The number of allylic oxidation sites excluding steroid dienone is 1. The van der Waals surface area contributed by atoms with E-state index in [0.29, 0.717) is 24.0 Å². The molecular formula is C25H32N6O2. The van der Waals surface area contributed by atoms with Crippen LogP contribution in [-0.4, -0.2) is 47.0 Å². The highest BCUT2D eigenvalue weighted by Gasteiger charge is 2.39. The molecule has 1 aromatic heterocycles. The average Bonchev–Trinajstić information content (AvgIpc) is 3.39. The molecule has 1 aromatic carbocycles. The maximum absolute atomic E-state index is 12.4. The minimum atomic E-state index is -0.123. The molecule has 8 nitrogen and oxygen atoms in total. The normalized spacial score (nSPS) is 20.9. The molecule has 2 aliphatic carbocycles. The molecule has 2 atom stereocenters. The van der Waals surface area contributed by atoms with Crippen LogP contribution in [0.2, 0.25) is 0 Å². The Balaban J connectivity index is 1.34. The van der Waals surface area contributed by atoms with E-state index in [4.69, 9.17) is 10.5 Å². The summed E-state index contributed by atoms with van der Waals surface area (Å²) in [5.41, 5.74) is 10.5.